The van der Waals surface area contributed by atoms with Crippen LogP contribution in [0.2, 0.25) is 0 Å². The van der Waals surface area contributed by atoms with Crippen LogP contribution < -0.4 is 5.32 Å². The van der Waals surface area contributed by atoms with Gasteiger partial charge in [-0.05, 0) is 44.9 Å². The maximum Gasteiger partial charge on any atom is 0.410 e. The van der Waals surface area contributed by atoms with Crippen LogP contribution >= 0.6 is 11.3 Å². The molecule has 9 heteroatoms. The summed E-state index contributed by atoms with van der Waals surface area (Å²) in [6.07, 6.45) is 4.99. The number of benzene rings is 1. The predicted molar refractivity (Wildman–Crippen MR) is 123 cm³/mol. The van der Waals surface area contributed by atoms with E-state index in [1.807, 2.05) is 57.3 Å². The van der Waals surface area contributed by atoms with E-state index in [0.717, 1.165) is 21.8 Å². The monoisotopic (exact) mass is 453 g/mol. The summed E-state index contributed by atoms with van der Waals surface area (Å²) >= 11 is 1.42. The normalized spacial score (nSPS) is 13.5. The summed E-state index contributed by atoms with van der Waals surface area (Å²) in [6, 6.07) is 9.86. The standard InChI is InChI=1S/C23H27N5O3S/c1-23(2,3)31-22(30)27-12-11-18-19(15-27)32-21(25-18)26-20(29)10-9-16-13-24-28(14-16)17-7-5-4-6-8-17/h4-8,13-14H,9-12,15H2,1-3H3,(H,25,26,29). The van der Waals surface area contributed by atoms with E-state index in [2.05, 4.69) is 15.4 Å². The topological polar surface area (TPSA) is 89.3 Å². The number of nitrogens with one attached hydrogen (secondary N) is 1. The van der Waals surface area contributed by atoms with Crippen molar-refractivity contribution < 1.29 is 14.3 Å². The van der Waals surface area contributed by atoms with Crippen molar-refractivity contribution in [2.45, 2.75) is 52.2 Å². The molecule has 3 aromatic rings. The van der Waals surface area contributed by atoms with Gasteiger partial charge in [0.2, 0.25) is 5.91 Å². The largest absolute Gasteiger partial charge is 0.444 e. The first-order chi connectivity index (χ1) is 15.3. The summed E-state index contributed by atoms with van der Waals surface area (Å²) in [4.78, 5) is 32.0. The summed E-state index contributed by atoms with van der Waals surface area (Å²) in [5.74, 6) is -0.0902. The molecule has 1 aliphatic rings. The number of anilines is 1. The SMILES string of the molecule is CC(C)(C)OC(=O)N1CCc2nc(NC(=O)CCc3cnn(-c4ccccc4)c3)sc2C1. The van der Waals surface area contributed by atoms with Crippen LogP contribution in [0, 0.1) is 0 Å². The molecule has 1 aliphatic heterocycles. The van der Waals surface area contributed by atoms with E-state index in [1.165, 1.54) is 11.3 Å². The van der Waals surface area contributed by atoms with Gasteiger partial charge in [0, 0.05) is 30.5 Å². The fourth-order valence-corrected chi connectivity index (χ4v) is 4.42. The zero-order valence-corrected chi connectivity index (χ0v) is 19.3. The van der Waals surface area contributed by atoms with Gasteiger partial charge in [0.1, 0.15) is 5.60 Å². The number of ether oxygens (including phenoxy) is 1. The molecule has 32 heavy (non-hydrogen) atoms. The molecule has 0 fully saturated rings. The van der Waals surface area contributed by atoms with Crippen LogP contribution in [-0.2, 0) is 28.9 Å². The Balaban J connectivity index is 1.30. The second-order valence-corrected chi connectivity index (χ2v) is 9.80. The summed E-state index contributed by atoms with van der Waals surface area (Å²) in [5.41, 5.74) is 2.39. The van der Waals surface area contributed by atoms with Crippen molar-refractivity contribution in [2.75, 3.05) is 11.9 Å². The number of thiazole rings is 1. The molecule has 0 unspecified atom stereocenters. The van der Waals surface area contributed by atoms with Gasteiger partial charge in [-0.3, -0.25) is 4.79 Å². The molecule has 2 amide bonds. The molecule has 0 bridgehead atoms. The lowest BCUT2D eigenvalue weighted by Crippen LogP contribution is -2.39. The second kappa shape index (κ2) is 9.12. The fourth-order valence-electron chi connectivity index (χ4n) is 3.38. The summed E-state index contributed by atoms with van der Waals surface area (Å²) in [6.45, 7) is 6.58. The van der Waals surface area contributed by atoms with Crippen LogP contribution in [0.5, 0.6) is 0 Å². The van der Waals surface area contributed by atoms with Crippen molar-refractivity contribution in [3.8, 4) is 5.69 Å². The fraction of sp³-hybridized carbons (Fsp3) is 0.391. The maximum absolute atomic E-state index is 12.4. The number of fused-ring (bicyclic) bond motifs is 1. The first-order valence-electron chi connectivity index (χ1n) is 10.6. The molecule has 0 aliphatic carbocycles. The average Bonchev–Trinajstić information content (AvgIpc) is 3.37. The Hall–Kier alpha value is -3.20. The maximum atomic E-state index is 12.4. The summed E-state index contributed by atoms with van der Waals surface area (Å²) in [7, 11) is 0. The van der Waals surface area contributed by atoms with Gasteiger partial charge >= 0.3 is 6.09 Å². The zero-order valence-electron chi connectivity index (χ0n) is 18.5. The number of aromatic nitrogens is 3. The minimum absolute atomic E-state index is 0.0902. The molecule has 0 spiro atoms. The van der Waals surface area contributed by atoms with Gasteiger partial charge in [-0.1, -0.05) is 29.5 Å². The summed E-state index contributed by atoms with van der Waals surface area (Å²) < 4.78 is 7.27. The quantitative estimate of drug-likeness (QED) is 0.626. The first kappa shape index (κ1) is 22.0. The Morgan fingerprint density at radius 1 is 1.22 bits per heavy atom. The molecule has 168 valence electrons. The molecule has 1 N–H and O–H groups in total. The first-order valence-corrected chi connectivity index (χ1v) is 11.4. The Morgan fingerprint density at radius 2 is 2.00 bits per heavy atom. The number of carbonyl (C=O) groups is 2. The molecule has 2 aromatic heterocycles. The van der Waals surface area contributed by atoms with E-state index in [9.17, 15) is 9.59 Å². The molecule has 0 saturated carbocycles. The van der Waals surface area contributed by atoms with Crippen molar-refractivity contribution in [1.29, 1.82) is 0 Å². The molecule has 1 aromatic carbocycles. The van der Waals surface area contributed by atoms with Crippen LogP contribution in [0.15, 0.2) is 42.7 Å². The smallest absolute Gasteiger partial charge is 0.410 e. The molecule has 0 atom stereocenters. The third kappa shape index (κ3) is 5.53. The Bertz CT molecular complexity index is 1100. The van der Waals surface area contributed by atoms with Crippen LogP contribution in [0.25, 0.3) is 5.69 Å². The molecule has 0 saturated heterocycles. The van der Waals surface area contributed by atoms with Crippen LogP contribution in [0.4, 0.5) is 9.93 Å². The van der Waals surface area contributed by atoms with E-state index in [1.54, 1.807) is 15.8 Å². The lowest BCUT2D eigenvalue weighted by Gasteiger charge is -2.29. The van der Waals surface area contributed by atoms with Crippen molar-refractivity contribution in [3.63, 3.8) is 0 Å². The average molecular weight is 454 g/mol. The number of hydrogen-bond acceptors (Lipinski definition) is 6. The highest BCUT2D eigenvalue weighted by Crippen LogP contribution is 2.29. The number of rotatable bonds is 5. The molecular formula is C23H27N5O3S. The van der Waals surface area contributed by atoms with Gasteiger partial charge in [0.25, 0.3) is 0 Å². The second-order valence-electron chi connectivity index (χ2n) is 8.72. The number of carbonyl (C=O) groups excluding carboxylic acids is 2. The van der Waals surface area contributed by atoms with Crippen LogP contribution in [-0.4, -0.2) is 43.8 Å². The van der Waals surface area contributed by atoms with Gasteiger partial charge in [-0.25, -0.2) is 14.5 Å². The van der Waals surface area contributed by atoms with Crippen molar-refractivity contribution in [1.82, 2.24) is 19.7 Å². The van der Waals surface area contributed by atoms with Crippen molar-refractivity contribution >= 4 is 28.5 Å². The van der Waals surface area contributed by atoms with Gasteiger partial charge in [-0.2, -0.15) is 5.10 Å². The van der Waals surface area contributed by atoms with Crippen molar-refractivity contribution in [2.24, 2.45) is 0 Å². The van der Waals surface area contributed by atoms with Crippen LogP contribution in [0.1, 0.15) is 43.3 Å². The third-order valence-corrected chi connectivity index (χ3v) is 5.92. The minimum atomic E-state index is -0.526. The van der Waals surface area contributed by atoms with E-state index in [-0.39, 0.29) is 12.0 Å². The Kier molecular flexibility index (Phi) is 6.27. The molecule has 3 heterocycles. The molecule has 8 nitrogen and oxygen atoms in total. The van der Waals surface area contributed by atoms with E-state index >= 15 is 0 Å². The Morgan fingerprint density at radius 3 is 2.75 bits per heavy atom. The highest BCUT2D eigenvalue weighted by Gasteiger charge is 2.28. The summed E-state index contributed by atoms with van der Waals surface area (Å²) in [5, 5.41) is 7.84. The molecule has 0 radical (unpaired) electrons. The minimum Gasteiger partial charge on any atom is -0.444 e. The lowest BCUT2D eigenvalue weighted by atomic mass is 10.2. The van der Waals surface area contributed by atoms with Gasteiger partial charge in [-0.15, -0.1) is 0 Å². The van der Waals surface area contributed by atoms with E-state index < -0.39 is 5.60 Å². The van der Waals surface area contributed by atoms with Crippen molar-refractivity contribution in [3.05, 3.63) is 58.9 Å². The zero-order chi connectivity index (χ0) is 22.7. The number of aryl methyl sites for hydroxylation is 1. The Labute approximate surface area is 191 Å². The number of para-hydroxylation sites is 1. The van der Waals surface area contributed by atoms with Gasteiger partial charge in [0.15, 0.2) is 5.13 Å². The number of nitrogens with zero attached hydrogens (tertiary/aromatic N) is 4. The van der Waals surface area contributed by atoms with Gasteiger partial charge in [0.05, 0.1) is 24.1 Å². The predicted octanol–water partition coefficient (Wildman–Crippen LogP) is 4.19. The third-order valence-electron chi connectivity index (χ3n) is 4.93. The molecule has 4 rings (SSSR count). The van der Waals surface area contributed by atoms with Crippen LogP contribution in [0.3, 0.4) is 0 Å². The van der Waals surface area contributed by atoms with E-state index in [4.69, 9.17) is 4.74 Å². The highest BCUT2D eigenvalue weighted by atomic mass is 32.1. The van der Waals surface area contributed by atoms with Gasteiger partial charge < -0.3 is 15.0 Å². The number of hydrogen-bond donors (Lipinski definition) is 1. The highest BCUT2D eigenvalue weighted by molar-refractivity contribution is 7.15. The lowest BCUT2D eigenvalue weighted by molar-refractivity contribution is -0.116. The number of amides is 2. The molecular weight excluding hydrogens is 426 g/mol. The van der Waals surface area contributed by atoms with E-state index in [0.29, 0.717) is 37.5 Å².